The van der Waals surface area contributed by atoms with E-state index < -0.39 is 28.5 Å². The van der Waals surface area contributed by atoms with Gasteiger partial charge in [-0.25, -0.2) is 8.42 Å². The number of amides is 2. The van der Waals surface area contributed by atoms with E-state index in [1.165, 1.54) is 23.1 Å². The number of nitrogens with one attached hydrogen (secondary N) is 1. The minimum absolute atomic E-state index is 0.00700. The van der Waals surface area contributed by atoms with Crippen molar-refractivity contribution < 1.29 is 18.0 Å². The van der Waals surface area contributed by atoms with Gasteiger partial charge in [0.2, 0.25) is 11.8 Å². The third-order valence-electron chi connectivity index (χ3n) is 7.37. The van der Waals surface area contributed by atoms with Crippen LogP contribution < -0.4 is 9.62 Å². The van der Waals surface area contributed by atoms with E-state index >= 15 is 0 Å². The van der Waals surface area contributed by atoms with Gasteiger partial charge in [-0.05, 0) is 53.8 Å². The van der Waals surface area contributed by atoms with Gasteiger partial charge in [-0.15, -0.1) is 0 Å². The first-order valence-corrected chi connectivity index (χ1v) is 16.9. The predicted octanol–water partition coefficient (Wildman–Crippen LogP) is 6.91. The molecule has 0 aliphatic rings. The number of sulfonamides is 1. The summed E-state index contributed by atoms with van der Waals surface area (Å²) < 4.78 is 29.2. The molecule has 4 rings (SSSR count). The van der Waals surface area contributed by atoms with Crippen LogP contribution in [0.4, 0.5) is 5.69 Å². The fraction of sp³-hybridized carbons (Fsp3) is 0.257. The molecule has 0 aliphatic carbocycles. The number of nitrogens with zero attached hydrogens (tertiary/aromatic N) is 2. The molecule has 0 aromatic heterocycles. The number of carbonyl (C=O) groups is 2. The minimum Gasteiger partial charge on any atom is -0.354 e. The molecule has 0 bridgehead atoms. The van der Waals surface area contributed by atoms with Crippen LogP contribution in [0.3, 0.4) is 0 Å². The van der Waals surface area contributed by atoms with Crippen LogP contribution in [0.5, 0.6) is 0 Å². The van der Waals surface area contributed by atoms with Crippen LogP contribution >= 0.6 is 23.2 Å². The topological polar surface area (TPSA) is 86.8 Å². The summed E-state index contributed by atoms with van der Waals surface area (Å²) in [7, 11) is -4.29. The normalized spacial score (nSPS) is 12.0. The largest absolute Gasteiger partial charge is 0.354 e. The van der Waals surface area contributed by atoms with Crippen molar-refractivity contribution in [1.29, 1.82) is 0 Å². The smallest absolute Gasteiger partial charge is 0.264 e. The highest BCUT2D eigenvalue weighted by Gasteiger charge is 2.35. The molecule has 2 amide bonds. The van der Waals surface area contributed by atoms with Crippen LogP contribution in [0.2, 0.25) is 10.0 Å². The summed E-state index contributed by atoms with van der Waals surface area (Å²) in [6.07, 6.45) is 0.228. The van der Waals surface area contributed by atoms with E-state index in [0.29, 0.717) is 6.54 Å². The molecule has 4 aromatic carbocycles. The Kier molecular flexibility index (Phi) is 11.7. The maximum absolute atomic E-state index is 14.6. The molecule has 0 aliphatic heterocycles. The summed E-state index contributed by atoms with van der Waals surface area (Å²) in [4.78, 5) is 29.9. The molecule has 7 nitrogen and oxygen atoms in total. The first-order chi connectivity index (χ1) is 21.5. The number of rotatable bonds is 13. The van der Waals surface area contributed by atoms with E-state index in [1.807, 2.05) is 75.4 Å². The first-order valence-electron chi connectivity index (χ1n) is 14.7. The Bertz CT molecular complexity index is 1720. The van der Waals surface area contributed by atoms with Crippen LogP contribution in [-0.2, 0) is 32.6 Å². The summed E-state index contributed by atoms with van der Waals surface area (Å²) in [5.41, 5.74) is 2.68. The third-order valence-corrected chi connectivity index (χ3v) is 9.95. The Labute approximate surface area is 275 Å². The number of benzene rings is 4. The Hall–Kier alpha value is -3.85. The van der Waals surface area contributed by atoms with Crippen LogP contribution in [0.15, 0.2) is 108 Å². The molecule has 1 unspecified atom stereocenters. The Morgan fingerprint density at radius 2 is 1.44 bits per heavy atom. The average Bonchev–Trinajstić information content (AvgIpc) is 3.03. The number of anilines is 1. The Balaban J connectivity index is 1.83. The molecule has 0 fully saturated rings. The molecule has 4 aromatic rings. The van der Waals surface area contributed by atoms with Crippen LogP contribution in [0.1, 0.15) is 30.5 Å². The Morgan fingerprint density at radius 1 is 0.822 bits per heavy atom. The highest BCUT2D eigenvalue weighted by molar-refractivity contribution is 7.92. The van der Waals surface area contributed by atoms with Crippen molar-refractivity contribution in [3.05, 3.63) is 130 Å². The summed E-state index contributed by atoms with van der Waals surface area (Å²) in [6, 6.07) is 28.5. The second-order valence-electron chi connectivity index (χ2n) is 11.2. The molecule has 0 radical (unpaired) electrons. The molecule has 0 saturated carbocycles. The first kappa shape index (κ1) is 34.0. The van der Waals surface area contributed by atoms with E-state index in [-0.39, 0.29) is 45.4 Å². The van der Waals surface area contributed by atoms with E-state index in [2.05, 4.69) is 5.32 Å². The molecule has 236 valence electrons. The highest BCUT2D eigenvalue weighted by Crippen LogP contribution is 2.35. The second kappa shape index (κ2) is 15.4. The second-order valence-corrected chi connectivity index (χ2v) is 13.8. The van der Waals surface area contributed by atoms with Gasteiger partial charge in [0.1, 0.15) is 12.6 Å². The molecular formula is C35H37Cl2N3O4S. The zero-order chi connectivity index (χ0) is 32.6. The van der Waals surface area contributed by atoms with Gasteiger partial charge < -0.3 is 10.2 Å². The molecule has 1 N–H and O–H groups in total. The summed E-state index contributed by atoms with van der Waals surface area (Å²) >= 11 is 12.9. The molecular weight excluding hydrogens is 629 g/mol. The van der Waals surface area contributed by atoms with Crippen LogP contribution in [-0.4, -0.2) is 44.3 Å². The quantitative estimate of drug-likeness (QED) is 0.168. The van der Waals surface area contributed by atoms with Gasteiger partial charge in [0.25, 0.3) is 10.0 Å². The van der Waals surface area contributed by atoms with Gasteiger partial charge in [-0.2, -0.15) is 0 Å². The van der Waals surface area contributed by atoms with Gasteiger partial charge in [-0.1, -0.05) is 116 Å². The molecule has 0 saturated heterocycles. The van der Waals surface area contributed by atoms with Gasteiger partial charge in [0.15, 0.2) is 0 Å². The predicted molar refractivity (Wildman–Crippen MR) is 181 cm³/mol. The summed E-state index contributed by atoms with van der Waals surface area (Å²) in [6.45, 7) is 5.80. The van der Waals surface area contributed by atoms with Gasteiger partial charge in [-0.3, -0.25) is 13.9 Å². The zero-order valence-corrected chi connectivity index (χ0v) is 27.8. The molecule has 0 spiro atoms. The molecule has 10 heteroatoms. The minimum atomic E-state index is -4.29. The zero-order valence-electron chi connectivity index (χ0n) is 25.5. The van der Waals surface area contributed by atoms with Gasteiger partial charge in [0, 0.05) is 19.5 Å². The van der Waals surface area contributed by atoms with Crippen molar-refractivity contribution in [3.63, 3.8) is 0 Å². The lowest BCUT2D eigenvalue weighted by molar-refractivity contribution is -0.140. The van der Waals surface area contributed by atoms with Crippen molar-refractivity contribution >= 4 is 50.7 Å². The van der Waals surface area contributed by atoms with Crippen molar-refractivity contribution in [2.24, 2.45) is 5.92 Å². The monoisotopic (exact) mass is 665 g/mol. The van der Waals surface area contributed by atoms with Crippen molar-refractivity contribution in [2.75, 3.05) is 17.4 Å². The van der Waals surface area contributed by atoms with Crippen molar-refractivity contribution in [3.8, 4) is 0 Å². The summed E-state index contributed by atoms with van der Waals surface area (Å²) in [5, 5.41) is 3.13. The number of aryl methyl sites for hydroxylation is 1. The SMILES string of the molecule is Cc1ccccc1CN(C(=O)CN(c1cccc(Cl)c1Cl)S(=O)(=O)c1ccccc1)C(Cc1ccccc1)C(=O)NCC(C)C. The number of halogens is 2. The average molecular weight is 667 g/mol. The van der Waals surface area contributed by atoms with E-state index in [0.717, 1.165) is 21.0 Å². The van der Waals surface area contributed by atoms with E-state index in [9.17, 15) is 18.0 Å². The lowest BCUT2D eigenvalue weighted by atomic mass is 10.0. The molecule has 45 heavy (non-hydrogen) atoms. The molecule has 0 heterocycles. The third kappa shape index (κ3) is 8.66. The standard InChI is InChI=1S/C35H37Cl2N3O4S/c1-25(2)22-38-35(42)32(21-27-14-6-4-7-15-27)39(23-28-16-11-10-13-26(28)3)33(41)24-40(31-20-12-19-30(36)34(31)37)45(43,44)29-17-8-5-9-18-29/h4-20,25,32H,21-24H2,1-3H3,(H,38,42). The van der Waals surface area contributed by atoms with Crippen molar-refractivity contribution in [1.82, 2.24) is 10.2 Å². The fourth-order valence-electron chi connectivity index (χ4n) is 4.87. The van der Waals surface area contributed by atoms with E-state index in [1.54, 1.807) is 30.3 Å². The van der Waals surface area contributed by atoms with Crippen LogP contribution in [0, 0.1) is 12.8 Å². The van der Waals surface area contributed by atoms with E-state index in [4.69, 9.17) is 23.2 Å². The fourth-order valence-corrected chi connectivity index (χ4v) is 6.76. The highest BCUT2D eigenvalue weighted by atomic mass is 35.5. The lowest BCUT2D eigenvalue weighted by Crippen LogP contribution is -2.53. The van der Waals surface area contributed by atoms with Crippen molar-refractivity contribution in [2.45, 2.75) is 44.7 Å². The Morgan fingerprint density at radius 3 is 2.09 bits per heavy atom. The van der Waals surface area contributed by atoms with Crippen LogP contribution in [0.25, 0.3) is 0 Å². The molecule has 1 atom stereocenters. The summed E-state index contributed by atoms with van der Waals surface area (Å²) in [5.74, 6) is -0.717. The number of hydrogen-bond donors (Lipinski definition) is 1. The number of carbonyl (C=O) groups excluding carboxylic acids is 2. The van der Waals surface area contributed by atoms with Gasteiger partial charge in [0.05, 0.1) is 20.6 Å². The van der Waals surface area contributed by atoms with Gasteiger partial charge >= 0.3 is 0 Å². The number of hydrogen-bond acceptors (Lipinski definition) is 4. The maximum Gasteiger partial charge on any atom is 0.264 e. The maximum atomic E-state index is 14.6. The lowest BCUT2D eigenvalue weighted by Gasteiger charge is -2.34.